The fraction of sp³-hybridized carbons (Fsp3) is 0. The van der Waals surface area contributed by atoms with Gasteiger partial charge in [0.25, 0.3) is 5.12 Å². The molecule has 0 aromatic carbocycles. The summed E-state index contributed by atoms with van der Waals surface area (Å²) in [7, 11) is -1.44. The smallest absolute Gasteiger partial charge is 0.255 e. The Morgan fingerprint density at radius 1 is 1.50 bits per heavy atom. The van der Waals surface area contributed by atoms with Crippen LogP contribution in [0.5, 0.6) is 0 Å². The van der Waals surface area contributed by atoms with Gasteiger partial charge in [-0.1, -0.05) is 0 Å². The fourth-order valence-corrected chi connectivity index (χ4v) is 1.79. The predicted molar refractivity (Wildman–Crippen MR) is 37.8 cm³/mol. The Bertz CT molecular complexity index is 325. The van der Waals surface area contributed by atoms with E-state index in [2.05, 4.69) is 4.99 Å². The monoisotopic (exact) mass is 153 g/mol. The van der Waals surface area contributed by atoms with Crippen molar-refractivity contribution in [2.24, 2.45) is 4.99 Å². The molecule has 1 atom stereocenters. The highest BCUT2D eigenvalue weighted by atomic mass is 32.2. The van der Waals surface area contributed by atoms with Gasteiger partial charge in [0.05, 0.1) is 5.57 Å². The van der Waals surface area contributed by atoms with Crippen molar-refractivity contribution >= 4 is 22.1 Å². The highest BCUT2D eigenvalue weighted by Crippen LogP contribution is 2.23. The van der Waals surface area contributed by atoms with Gasteiger partial charge in [-0.15, -0.1) is 0 Å². The number of aliphatic imine (C=N–C) groups is 1. The molecule has 3 nitrogen and oxygen atoms in total. The van der Waals surface area contributed by atoms with E-state index in [4.69, 9.17) is 0 Å². The standard InChI is InChI=1S/C6H3NO2S/c8-6-5-2-7-1-4(5)3-10(6)9/h1-3H. The van der Waals surface area contributed by atoms with E-state index < -0.39 is 10.8 Å². The molecule has 0 spiro atoms. The summed E-state index contributed by atoms with van der Waals surface area (Å²) >= 11 is 0. The van der Waals surface area contributed by atoms with E-state index in [0.29, 0.717) is 11.1 Å². The molecule has 2 aliphatic heterocycles. The van der Waals surface area contributed by atoms with Gasteiger partial charge in [0, 0.05) is 23.4 Å². The molecule has 0 N–H and O–H groups in total. The minimum absolute atomic E-state index is 0.326. The summed E-state index contributed by atoms with van der Waals surface area (Å²) in [4.78, 5) is 14.6. The van der Waals surface area contributed by atoms with Crippen LogP contribution in [0.2, 0.25) is 0 Å². The second-order valence-corrected chi connectivity index (χ2v) is 3.18. The zero-order chi connectivity index (χ0) is 7.14. The van der Waals surface area contributed by atoms with Gasteiger partial charge in [-0.05, 0) is 0 Å². The average molecular weight is 153 g/mol. The molecule has 1 unspecified atom stereocenters. The number of allylic oxidation sites excluding steroid dienone is 1. The normalized spacial score (nSPS) is 28.4. The second kappa shape index (κ2) is 1.73. The Morgan fingerprint density at radius 2 is 2.30 bits per heavy atom. The molecule has 10 heavy (non-hydrogen) atoms. The van der Waals surface area contributed by atoms with Crippen LogP contribution in [-0.4, -0.2) is 15.5 Å². The zero-order valence-electron chi connectivity index (χ0n) is 4.90. The minimum atomic E-state index is -1.44. The fourth-order valence-electron chi connectivity index (χ4n) is 0.878. The Kier molecular flexibility index (Phi) is 0.990. The van der Waals surface area contributed by atoms with E-state index in [0.717, 1.165) is 0 Å². The number of hydrogen-bond acceptors (Lipinski definition) is 3. The zero-order valence-corrected chi connectivity index (χ0v) is 5.72. The van der Waals surface area contributed by atoms with Crippen molar-refractivity contribution in [3.8, 4) is 0 Å². The van der Waals surface area contributed by atoms with E-state index >= 15 is 0 Å². The van der Waals surface area contributed by atoms with Gasteiger partial charge < -0.3 is 0 Å². The Morgan fingerprint density at radius 3 is 3.00 bits per heavy atom. The van der Waals surface area contributed by atoms with Crippen molar-refractivity contribution in [1.82, 2.24) is 0 Å². The lowest BCUT2D eigenvalue weighted by atomic mass is 10.2. The molecule has 0 radical (unpaired) electrons. The van der Waals surface area contributed by atoms with Crippen LogP contribution in [0.4, 0.5) is 0 Å². The lowest BCUT2D eigenvalue weighted by Crippen LogP contribution is -1.99. The molecule has 2 heterocycles. The highest BCUT2D eigenvalue weighted by Gasteiger charge is 2.27. The van der Waals surface area contributed by atoms with Crippen LogP contribution in [0.15, 0.2) is 27.7 Å². The van der Waals surface area contributed by atoms with Gasteiger partial charge in [0.15, 0.2) is 0 Å². The summed E-state index contributed by atoms with van der Waals surface area (Å²) in [6, 6.07) is 0. The van der Waals surface area contributed by atoms with Gasteiger partial charge in [0.1, 0.15) is 10.8 Å². The van der Waals surface area contributed by atoms with E-state index in [1.807, 2.05) is 0 Å². The van der Waals surface area contributed by atoms with E-state index in [9.17, 15) is 9.00 Å². The third-order valence-electron chi connectivity index (χ3n) is 1.36. The van der Waals surface area contributed by atoms with Crippen molar-refractivity contribution in [1.29, 1.82) is 0 Å². The van der Waals surface area contributed by atoms with Crippen LogP contribution in [-0.2, 0) is 15.6 Å². The van der Waals surface area contributed by atoms with Crippen molar-refractivity contribution in [2.75, 3.05) is 0 Å². The maximum absolute atomic E-state index is 10.9. The summed E-state index contributed by atoms with van der Waals surface area (Å²) in [5.41, 5.74) is 1.18. The first-order valence-corrected chi connectivity index (χ1v) is 3.91. The van der Waals surface area contributed by atoms with Crippen molar-refractivity contribution < 1.29 is 9.00 Å². The summed E-state index contributed by atoms with van der Waals surface area (Å²) < 4.78 is 10.8. The highest BCUT2D eigenvalue weighted by molar-refractivity contribution is 8.04. The molecule has 2 aliphatic rings. The number of carbonyl (C=O) groups excluding carboxylic acids is 1. The van der Waals surface area contributed by atoms with Gasteiger partial charge in [-0.2, -0.15) is 0 Å². The molecule has 0 aliphatic carbocycles. The van der Waals surface area contributed by atoms with Crippen LogP contribution < -0.4 is 0 Å². The first-order chi connectivity index (χ1) is 4.79. The molecular formula is C6H3NO2S. The van der Waals surface area contributed by atoms with Gasteiger partial charge in [-0.3, -0.25) is 9.79 Å². The molecule has 2 rings (SSSR count). The third kappa shape index (κ3) is 0.565. The number of rotatable bonds is 0. The van der Waals surface area contributed by atoms with E-state index in [-0.39, 0.29) is 5.12 Å². The van der Waals surface area contributed by atoms with E-state index in [1.165, 1.54) is 17.8 Å². The maximum Gasteiger partial charge on any atom is 0.255 e. The lowest BCUT2D eigenvalue weighted by Gasteiger charge is -1.84. The van der Waals surface area contributed by atoms with Gasteiger partial charge in [0.2, 0.25) is 0 Å². The van der Waals surface area contributed by atoms with E-state index in [1.54, 1.807) is 0 Å². The first kappa shape index (κ1) is 5.73. The molecule has 0 saturated heterocycles. The SMILES string of the molecule is O=C1C2=CN=CC2=CS1=O. The Labute approximate surface area is 59.6 Å². The molecule has 0 saturated carbocycles. The molecule has 0 aromatic rings. The predicted octanol–water partition coefficient (Wildman–Crippen LogP) is 0.127. The first-order valence-electron chi connectivity index (χ1n) is 2.69. The molecule has 50 valence electrons. The van der Waals surface area contributed by atoms with Crippen molar-refractivity contribution in [2.45, 2.75) is 0 Å². The number of carbonyl (C=O) groups is 1. The Balaban J connectivity index is 2.60. The van der Waals surface area contributed by atoms with Crippen LogP contribution >= 0.6 is 0 Å². The summed E-state index contributed by atoms with van der Waals surface area (Å²) in [5.74, 6) is 0. The van der Waals surface area contributed by atoms with Crippen molar-refractivity contribution in [3.05, 3.63) is 22.8 Å². The number of nitrogens with zero attached hydrogens (tertiary/aromatic N) is 1. The molecule has 0 bridgehead atoms. The molecule has 0 fully saturated rings. The van der Waals surface area contributed by atoms with Crippen LogP contribution in [0.3, 0.4) is 0 Å². The molecule has 0 amide bonds. The summed E-state index contributed by atoms with van der Waals surface area (Å²) in [6.45, 7) is 0. The largest absolute Gasteiger partial charge is 0.278 e. The number of fused-ring (bicyclic) bond motifs is 1. The summed E-state index contributed by atoms with van der Waals surface area (Å²) in [6.07, 6.45) is 2.98. The topological polar surface area (TPSA) is 46.5 Å². The van der Waals surface area contributed by atoms with Crippen LogP contribution in [0, 0.1) is 0 Å². The van der Waals surface area contributed by atoms with Crippen LogP contribution in [0.1, 0.15) is 0 Å². The maximum atomic E-state index is 10.9. The minimum Gasteiger partial charge on any atom is -0.278 e. The molecule has 0 aromatic heterocycles. The molecule has 4 heteroatoms. The average Bonchev–Trinajstić information content (AvgIpc) is 2.41. The van der Waals surface area contributed by atoms with Crippen LogP contribution in [0.25, 0.3) is 0 Å². The quantitative estimate of drug-likeness (QED) is 0.496. The number of hydrogen-bond donors (Lipinski definition) is 0. The Hall–Kier alpha value is -1.03. The van der Waals surface area contributed by atoms with Gasteiger partial charge in [-0.25, -0.2) is 4.21 Å². The van der Waals surface area contributed by atoms with Crippen molar-refractivity contribution in [3.63, 3.8) is 0 Å². The van der Waals surface area contributed by atoms with Gasteiger partial charge >= 0.3 is 0 Å². The molecular weight excluding hydrogens is 150 g/mol. The lowest BCUT2D eigenvalue weighted by molar-refractivity contribution is -0.107. The second-order valence-electron chi connectivity index (χ2n) is 1.98. The summed E-state index contributed by atoms with van der Waals surface area (Å²) in [5, 5.41) is 1.09. The third-order valence-corrected chi connectivity index (χ3v) is 2.42.